The molecule has 0 saturated carbocycles. The van der Waals surface area contributed by atoms with Gasteiger partial charge in [0.05, 0.1) is 13.2 Å². The second kappa shape index (κ2) is 10.4. The summed E-state index contributed by atoms with van der Waals surface area (Å²) >= 11 is 0. The average Bonchev–Trinajstić information content (AvgIpc) is 2.98. The molecule has 8 heteroatoms. The summed E-state index contributed by atoms with van der Waals surface area (Å²) in [5.41, 5.74) is 0. The summed E-state index contributed by atoms with van der Waals surface area (Å²) in [6.07, 6.45) is 0. The Bertz CT molecular complexity index is 513. The topological polar surface area (TPSA) is 73.3 Å². The number of guanidine groups is 1. The molecule has 0 amide bonds. The molecule has 0 bridgehead atoms. The third kappa shape index (κ3) is 6.30. The molecular weight excluding hydrogens is 413 g/mol. The van der Waals surface area contributed by atoms with Crippen molar-refractivity contribution >= 4 is 29.9 Å². The van der Waals surface area contributed by atoms with Gasteiger partial charge in [-0.2, -0.15) is 0 Å². The molecule has 1 aromatic carbocycles. The maximum absolute atomic E-state index is 5.67. The fourth-order valence-corrected chi connectivity index (χ4v) is 2.02. The minimum Gasteiger partial charge on any atom is -0.492 e. The quantitative estimate of drug-likeness (QED) is 0.292. The fraction of sp³-hybridized carbons (Fsp3) is 0.533. The molecule has 0 saturated heterocycles. The largest absolute Gasteiger partial charge is 0.492 e. The van der Waals surface area contributed by atoms with E-state index in [-0.39, 0.29) is 36.8 Å². The number of halogens is 1. The van der Waals surface area contributed by atoms with Crippen LogP contribution in [0.2, 0.25) is 0 Å². The van der Waals surface area contributed by atoms with Crippen LogP contribution in [-0.4, -0.2) is 52.7 Å². The molecule has 1 aromatic rings. The van der Waals surface area contributed by atoms with Gasteiger partial charge in [-0.25, -0.2) is 0 Å². The normalized spacial score (nSPS) is 14.0. The first-order chi connectivity index (χ1) is 10.7. The minimum absolute atomic E-state index is 0. The zero-order valence-corrected chi connectivity index (χ0v) is 16.0. The van der Waals surface area contributed by atoms with Crippen LogP contribution in [0.5, 0.6) is 17.2 Å². The maximum atomic E-state index is 5.67. The number of rotatable bonds is 7. The number of aliphatic imine (C=N–C) groups is 1. The van der Waals surface area contributed by atoms with Crippen LogP contribution in [0.25, 0.3) is 0 Å². The van der Waals surface area contributed by atoms with E-state index in [4.69, 9.17) is 18.9 Å². The molecule has 1 aliphatic rings. The van der Waals surface area contributed by atoms with Crippen LogP contribution in [0.4, 0.5) is 0 Å². The second-order valence-corrected chi connectivity index (χ2v) is 4.86. The molecule has 1 aliphatic heterocycles. The van der Waals surface area contributed by atoms with Crippen molar-refractivity contribution in [1.82, 2.24) is 10.6 Å². The summed E-state index contributed by atoms with van der Waals surface area (Å²) in [5.74, 6) is 2.94. The first kappa shape index (κ1) is 19.6. The van der Waals surface area contributed by atoms with Gasteiger partial charge in [-0.15, -0.1) is 24.0 Å². The number of methoxy groups -OCH3 is 1. The Kier molecular flexibility index (Phi) is 8.85. The number of benzene rings is 1. The third-order valence-electron chi connectivity index (χ3n) is 3.03. The zero-order chi connectivity index (χ0) is 15.8. The lowest BCUT2D eigenvalue weighted by Crippen LogP contribution is -2.45. The van der Waals surface area contributed by atoms with Gasteiger partial charge < -0.3 is 29.6 Å². The summed E-state index contributed by atoms with van der Waals surface area (Å²) in [6.45, 7) is 4.06. The Labute approximate surface area is 153 Å². The van der Waals surface area contributed by atoms with E-state index in [9.17, 15) is 0 Å². The lowest BCUT2D eigenvalue weighted by atomic mass is 10.3. The Hall–Kier alpha value is -1.42. The van der Waals surface area contributed by atoms with E-state index in [0.29, 0.717) is 19.8 Å². The standard InChI is InChI=1S/C15H23N3O4.HI/c1-11(9-19-3)18-15(16-2)17-6-7-20-12-4-5-13-14(8-12)22-10-21-13;/h4-5,8,11H,6-7,9-10H2,1-3H3,(H2,16,17,18);1H. The van der Waals surface area contributed by atoms with Gasteiger partial charge in [0.25, 0.3) is 0 Å². The molecular formula is C15H24IN3O4. The summed E-state index contributed by atoms with van der Waals surface area (Å²) in [4.78, 5) is 4.15. The van der Waals surface area contributed by atoms with E-state index in [2.05, 4.69) is 15.6 Å². The number of nitrogens with one attached hydrogen (secondary N) is 2. The van der Waals surface area contributed by atoms with Crippen molar-refractivity contribution in [2.45, 2.75) is 13.0 Å². The monoisotopic (exact) mass is 437 g/mol. The highest BCUT2D eigenvalue weighted by Gasteiger charge is 2.13. The minimum atomic E-state index is 0. The van der Waals surface area contributed by atoms with E-state index < -0.39 is 0 Å². The highest BCUT2D eigenvalue weighted by Crippen LogP contribution is 2.34. The molecule has 2 N–H and O–H groups in total. The number of ether oxygens (including phenoxy) is 4. The molecule has 1 unspecified atom stereocenters. The fourth-order valence-electron chi connectivity index (χ4n) is 2.02. The Balaban J connectivity index is 0.00000264. The van der Waals surface area contributed by atoms with Gasteiger partial charge in [-0.1, -0.05) is 0 Å². The van der Waals surface area contributed by atoms with Crippen molar-refractivity contribution in [3.05, 3.63) is 18.2 Å². The van der Waals surface area contributed by atoms with Gasteiger partial charge >= 0.3 is 0 Å². The Morgan fingerprint density at radius 2 is 2.13 bits per heavy atom. The summed E-state index contributed by atoms with van der Waals surface area (Å²) in [7, 11) is 3.40. The predicted molar refractivity (Wildman–Crippen MR) is 99.3 cm³/mol. The van der Waals surface area contributed by atoms with Crippen LogP contribution in [0.1, 0.15) is 6.92 Å². The maximum Gasteiger partial charge on any atom is 0.231 e. The first-order valence-electron chi connectivity index (χ1n) is 7.21. The van der Waals surface area contributed by atoms with Crippen LogP contribution in [-0.2, 0) is 4.74 Å². The van der Waals surface area contributed by atoms with Gasteiger partial charge in [0.2, 0.25) is 6.79 Å². The van der Waals surface area contributed by atoms with E-state index in [1.807, 2.05) is 25.1 Å². The van der Waals surface area contributed by atoms with Gasteiger partial charge in [-0.3, -0.25) is 4.99 Å². The van der Waals surface area contributed by atoms with Gasteiger partial charge in [0, 0.05) is 26.3 Å². The van der Waals surface area contributed by atoms with Crippen LogP contribution in [0.3, 0.4) is 0 Å². The number of hydrogen-bond donors (Lipinski definition) is 2. The number of fused-ring (bicyclic) bond motifs is 1. The van der Waals surface area contributed by atoms with Crippen LogP contribution in [0.15, 0.2) is 23.2 Å². The highest BCUT2D eigenvalue weighted by molar-refractivity contribution is 14.0. The highest BCUT2D eigenvalue weighted by atomic mass is 127. The van der Waals surface area contributed by atoms with Gasteiger partial charge in [0.1, 0.15) is 12.4 Å². The molecule has 130 valence electrons. The molecule has 2 rings (SSSR count). The van der Waals surface area contributed by atoms with E-state index in [0.717, 1.165) is 23.2 Å². The lowest BCUT2D eigenvalue weighted by Gasteiger charge is -2.17. The van der Waals surface area contributed by atoms with Crippen molar-refractivity contribution in [3.8, 4) is 17.2 Å². The molecule has 1 atom stereocenters. The van der Waals surface area contributed by atoms with Gasteiger partial charge in [-0.05, 0) is 19.1 Å². The summed E-state index contributed by atoms with van der Waals surface area (Å²) in [6, 6.07) is 5.72. The molecule has 1 heterocycles. The van der Waals surface area contributed by atoms with Crippen molar-refractivity contribution < 1.29 is 18.9 Å². The SMILES string of the molecule is CN=C(NCCOc1ccc2c(c1)OCO2)NC(C)COC.I. The smallest absolute Gasteiger partial charge is 0.231 e. The van der Waals surface area contributed by atoms with Crippen molar-refractivity contribution in [2.24, 2.45) is 4.99 Å². The van der Waals surface area contributed by atoms with Crippen LogP contribution in [0, 0.1) is 0 Å². The Morgan fingerprint density at radius 1 is 1.35 bits per heavy atom. The van der Waals surface area contributed by atoms with Gasteiger partial charge in [0.15, 0.2) is 17.5 Å². The number of hydrogen-bond acceptors (Lipinski definition) is 5. The van der Waals surface area contributed by atoms with E-state index >= 15 is 0 Å². The summed E-state index contributed by atoms with van der Waals surface area (Å²) in [5, 5.41) is 6.41. The molecule has 0 radical (unpaired) electrons. The van der Waals surface area contributed by atoms with Crippen molar-refractivity contribution in [3.63, 3.8) is 0 Å². The average molecular weight is 437 g/mol. The lowest BCUT2D eigenvalue weighted by molar-refractivity contribution is 0.173. The van der Waals surface area contributed by atoms with Crippen LogP contribution >= 0.6 is 24.0 Å². The predicted octanol–water partition coefficient (Wildman–Crippen LogP) is 1.61. The molecule has 0 spiro atoms. The van der Waals surface area contributed by atoms with Crippen molar-refractivity contribution in [2.75, 3.05) is 40.7 Å². The van der Waals surface area contributed by atoms with Crippen LogP contribution < -0.4 is 24.8 Å². The van der Waals surface area contributed by atoms with E-state index in [1.54, 1.807) is 14.2 Å². The zero-order valence-electron chi connectivity index (χ0n) is 13.6. The number of nitrogens with zero attached hydrogens (tertiary/aromatic N) is 1. The molecule has 0 aromatic heterocycles. The molecule has 7 nitrogen and oxygen atoms in total. The molecule has 23 heavy (non-hydrogen) atoms. The second-order valence-electron chi connectivity index (χ2n) is 4.86. The molecule has 0 fully saturated rings. The first-order valence-corrected chi connectivity index (χ1v) is 7.21. The van der Waals surface area contributed by atoms with E-state index in [1.165, 1.54) is 0 Å². The Morgan fingerprint density at radius 3 is 2.87 bits per heavy atom. The molecule has 0 aliphatic carbocycles. The summed E-state index contributed by atoms with van der Waals surface area (Å²) < 4.78 is 21.3. The van der Waals surface area contributed by atoms with Crippen molar-refractivity contribution in [1.29, 1.82) is 0 Å². The third-order valence-corrected chi connectivity index (χ3v) is 3.03.